The molecule has 1 atom stereocenters. The highest BCUT2D eigenvalue weighted by atomic mass is 35.5. The van der Waals surface area contributed by atoms with E-state index in [1.807, 2.05) is 61.0 Å². The molecule has 0 fully saturated rings. The van der Waals surface area contributed by atoms with E-state index in [2.05, 4.69) is 4.98 Å². The second kappa shape index (κ2) is 5.51. The van der Waals surface area contributed by atoms with Crippen LogP contribution in [0.1, 0.15) is 23.1 Å². The maximum atomic E-state index is 10.5. The van der Waals surface area contributed by atoms with Crippen LogP contribution in [0.4, 0.5) is 0 Å². The topological polar surface area (TPSA) is 38.1 Å². The van der Waals surface area contributed by atoms with Gasteiger partial charge in [-0.1, -0.05) is 29.8 Å². The second-order valence-corrected chi connectivity index (χ2v) is 5.73. The summed E-state index contributed by atoms with van der Waals surface area (Å²) in [6.45, 7) is 1.96. The zero-order valence-electron chi connectivity index (χ0n) is 12.0. The van der Waals surface area contributed by atoms with E-state index in [0.29, 0.717) is 11.4 Å². The van der Waals surface area contributed by atoms with E-state index in [1.165, 1.54) is 0 Å². The van der Waals surface area contributed by atoms with E-state index in [-0.39, 0.29) is 0 Å². The van der Waals surface area contributed by atoms with Crippen LogP contribution in [-0.2, 0) is 13.5 Å². The first kappa shape index (κ1) is 14.1. The number of hydrogen-bond donors (Lipinski definition) is 1. The SMILES string of the molecule is Cc1cc(Cl)ccc1C(O)Cc1nc2ccccc2n1C. The number of aromatic nitrogens is 2. The molecule has 4 heteroatoms. The first-order chi connectivity index (χ1) is 10.1. The lowest BCUT2D eigenvalue weighted by Crippen LogP contribution is -2.08. The monoisotopic (exact) mass is 300 g/mol. The van der Waals surface area contributed by atoms with E-state index in [1.54, 1.807) is 0 Å². The summed E-state index contributed by atoms with van der Waals surface area (Å²) >= 11 is 5.96. The summed E-state index contributed by atoms with van der Waals surface area (Å²) in [4.78, 5) is 4.60. The Labute approximate surface area is 128 Å². The van der Waals surface area contributed by atoms with Gasteiger partial charge in [-0.05, 0) is 42.3 Å². The molecule has 0 aliphatic rings. The largest absolute Gasteiger partial charge is 0.388 e. The normalized spacial score (nSPS) is 12.8. The van der Waals surface area contributed by atoms with Gasteiger partial charge in [0.25, 0.3) is 0 Å². The predicted octanol–water partition coefficient (Wildman–Crippen LogP) is 3.81. The molecule has 3 aromatic rings. The van der Waals surface area contributed by atoms with Crippen molar-refractivity contribution in [2.24, 2.45) is 7.05 Å². The fraction of sp³-hybridized carbons (Fsp3) is 0.235. The summed E-state index contributed by atoms with van der Waals surface area (Å²) in [7, 11) is 1.98. The molecule has 108 valence electrons. The molecule has 2 aromatic carbocycles. The van der Waals surface area contributed by atoms with Gasteiger partial charge >= 0.3 is 0 Å². The Morgan fingerprint density at radius 3 is 2.71 bits per heavy atom. The molecule has 21 heavy (non-hydrogen) atoms. The number of imidazole rings is 1. The number of hydrogen-bond acceptors (Lipinski definition) is 2. The summed E-state index contributed by atoms with van der Waals surface area (Å²) in [6, 6.07) is 13.5. The molecule has 0 aliphatic carbocycles. The summed E-state index contributed by atoms with van der Waals surface area (Å²) in [6.07, 6.45) is -0.106. The third-order valence-corrected chi connectivity index (χ3v) is 4.08. The van der Waals surface area contributed by atoms with Gasteiger partial charge in [0.15, 0.2) is 0 Å². The van der Waals surface area contributed by atoms with Crippen molar-refractivity contribution in [3.8, 4) is 0 Å². The maximum absolute atomic E-state index is 10.5. The molecule has 3 nitrogen and oxygen atoms in total. The Kier molecular flexibility index (Phi) is 3.70. The van der Waals surface area contributed by atoms with Crippen molar-refractivity contribution in [3.63, 3.8) is 0 Å². The molecular weight excluding hydrogens is 284 g/mol. The van der Waals surface area contributed by atoms with Crippen molar-refractivity contribution in [3.05, 3.63) is 64.4 Å². The van der Waals surface area contributed by atoms with Gasteiger partial charge < -0.3 is 9.67 Å². The van der Waals surface area contributed by atoms with Crippen LogP contribution >= 0.6 is 11.6 Å². The molecule has 0 bridgehead atoms. The zero-order valence-corrected chi connectivity index (χ0v) is 12.8. The third-order valence-electron chi connectivity index (χ3n) is 3.85. The Morgan fingerprint density at radius 2 is 2.00 bits per heavy atom. The number of rotatable bonds is 3. The lowest BCUT2D eigenvalue weighted by Gasteiger charge is -2.14. The molecule has 1 aromatic heterocycles. The smallest absolute Gasteiger partial charge is 0.112 e. The van der Waals surface area contributed by atoms with Gasteiger partial charge in [0.1, 0.15) is 5.82 Å². The number of halogens is 1. The van der Waals surface area contributed by atoms with Crippen molar-refractivity contribution < 1.29 is 5.11 Å². The predicted molar refractivity (Wildman–Crippen MR) is 85.6 cm³/mol. The minimum atomic E-state index is -0.585. The molecular formula is C17H17ClN2O. The fourth-order valence-electron chi connectivity index (χ4n) is 2.67. The number of aliphatic hydroxyl groups is 1. The fourth-order valence-corrected chi connectivity index (χ4v) is 2.90. The minimum Gasteiger partial charge on any atom is -0.388 e. The number of aryl methyl sites for hydroxylation is 2. The van der Waals surface area contributed by atoms with Gasteiger partial charge in [0.05, 0.1) is 17.1 Å². The van der Waals surface area contributed by atoms with Crippen LogP contribution in [0.2, 0.25) is 5.02 Å². The lowest BCUT2D eigenvalue weighted by molar-refractivity contribution is 0.174. The van der Waals surface area contributed by atoms with Crippen molar-refractivity contribution in [1.29, 1.82) is 0 Å². The van der Waals surface area contributed by atoms with Crippen LogP contribution in [-0.4, -0.2) is 14.7 Å². The Morgan fingerprint density at radius 1 is 1.24 bits per heavy atom. The average molecular weight is 301 g/mol. The minimum absolute atomic E-state index is 0.480. The summed E-state index contributed by atoms with van der Waals surface area (Å²) in [5.74, 6) is 0.873. The standard InChI is InChI=1S/C17H17ClN2O/c1-11-9-12(18)7-8-13(11)16(21)10-17-19-14-5-3-4-6-15(14)20(17)2/h3-9,16,21H,10H2,1-2H3. The van der Waals surface area contributed by atoms with Crippen LogP contribution in [0.15, 0.2) is 42.5 Å². The van der Waals surface area contributed by atoms with Crippen molar-refractivity contribution in [1.82, 2.24) is 9.55 Å². The summed E-state index contributed by atoms with van der Waals surface area (Å²) < 4.78 is 2.03. The molecule has 1 heterocycles. The zero-order chi connectivity index (χ0) is 15.0. The average Bonchev–Trinajstić information content (AvgIpc) is 2.76. The van der Waals surface area contributed by atoms with E-state index < -0.39 is 6.10 Å². The van der Waals surface area contributed by atoms with E-state index in [0.717, 1.165) is 28.0 Å². The quantitative estimate of drug-likeness (QED) is 0.798. The highest BCUT2D eigenvalue weighted by molar-refractivity contribution is 6.30. The van der Waals surface area contributed by atoms with Crippen LogP contribution in [0.5, 0.6) is 0 Å². The van der Waals surface area contributed by atoms with Gasteiger partial charge in [0.2, 0.25) is 0 Å². The molecule has 0 amide bonds. The highest BCUT2D eigenvalue weighted by Gasteiger charge is 2.15. The third kappa shape index (κ3) is 2.67. The molecule has 0 aliphatic heterocycles. The van der Waals surface area contributed by atoms with E-state index in [4.69, 9.17) is 11.6 Å². The van der Waals surface area contributed by atoms with Gasteiger partial charge in [-0.25, -0.2) is 4.98 Å². The maximum Gasteiger partial charge on any atom is 0.112 e. The van der Waals surface area contributed by atoms with Crippen molar-refractivity contribution >= 4 is 22.6 Å². The molecule has 0 radical (unpaired) electrons. The summed E-state index contributed by atoms with van der Waals surface area (Å²) in [5, 5.41) is 11.2. The molecule has 0 saturated heterocycles. The van der Waals surface area contributed by atoms with Crippen LogP contribution < -0.4 is 0 Å². The number of aliphatic hydroxyl groups excluding tert-OH is 1. The van der Waals surface area contributed by atoms with Crippen LogP contribution in [0.3, 0.4) is 0 Å². The van der Waals surface area contributed by atoms with E-state index >= 15 is 0 Å². The number of fused-ring (bicyclic) bond motifs is 1. The molecule has 1 unspecified atom stereocenters. The van der Waals surface area contributed by atoms with Crippen molar-refractivity contribution in [2.75, 3.05) is 0 Å². The highest BCUT2D eigenvalue weighted by Crippen LogP contribution is 2.25. The Bertz CT molecular complexity index is 795. The number of benzene rings is 2. The Balaban J connectivity index is 1.92. The van der Waals surface area contributed by atoms with Crippen molar-refractivity contribution in [2.45, 2.75) is 19.4 Å². The Hall–Kier alpha value is -1.84. The van der Waals surface area contributed by atoms with Gasteiger partial charge in [0, 0.05) is 18.5 Å². The summed E-state index contributed by atoms with van der Waals surface area (Å²) in [5.41, 5.74) is 3.92. The van der Waals surface area contributed by atoms with Crippen LogP contribution in [0, 0.1) is 6.92 Å². The van der Waals surface area contributed by atoms with E-state index in [9.17, 15) is 5.11 Å². The van der Waals surface area contributed by atoms with Gasteiger partial charge in [-0.3, -0.25) is 0 Å². The second-order valence-electron chi connectivity index (χ2n) is 5.30. The first-order valence-corrected chi connectivity index (χ1v) is 7.28. The molecule has 1 N–H and O–H groups in total. The molecule has 0 saturated carbocycles. The van der Waals surface area contributed by atoms with Crippen LogP contribution in [0.25, 0.3) is 11.0 Å². The first-order valence-electron chi connectivity index (χ1n) is 6.90. The lowest BCUT2D eigenvalue weighted by atomic mass is 10.0. The molecule has 0 spiro atoms. The number of nitrogens with zero attached hydrogens (tertiary/aromatic N) is 2. The van der Waals surface area contributed by atoms with Gasteiger partial charge in [-0.15, -0.1) is 0 Å². The molecule has 3 rings (SSSR count). The van der Waals surface area contributed by atoms with Gasteiger partial charge in [-0.2, -0.15) is 0 Å². The number of para-hydroxylation sites is 2.